The van der Waals surface area contributed by atoms with Crippen LogP contribution in [0.25, 0.3) is 22.3 Å². The lowest BCUT2D eigenvalue weighted by molar-refractivity contribution is 0.792. The molecule has 0 bridgehead atoms. The number of hydrogen-bond acceptors (Lipinski definition) is 5. The van der Waals surface area contributed by atoms with Crippen molar-refractivity contribution in [3.63, 3.8) is 0 Å². The Hall–Kier alpha value is -2.47. The van der Waals surface area contributed by atoms with Crippen LogP contribution in [0, 0.1) is 0 Å². The Balaban J connectivity index is 1.86. The highest BCUT2D eigenvalue weighted by Crippen LogP contribution is 2.21. The number of nitrogens with two attached hydrogens (primary N) is 1. The van der Waals surface area contributed by atoms with Crippen LogP contribution in [0.1, 0.15) is 6.92 Å². The number of anilines is 1. The van der Waals surface area contributed by atoms with Crippen LogP contribution in [0.4, 0.5) is 5.82 Å². The maximum absolute atomic E-state index is 5.56. The number of imidazole rings is 1. The van der Waals surface area contributed by atoms with Crippen molar-refractivity contribution in [1.82, 2.24) is 20.2 Å². The molecule has 0 aliphatic rings. The van der Waals surface area contributed by atoms with Crippen molar-refractivity contribution >= 4 is 16.9 Å². The lowest BCUT2D eigenvalue weighted by Gasteiger charge is -2.11. The normalized spacial score (nSPS) is 12.5. The smallest absolute Gasteiger partial charge is 0.148 e. The summed E-state index contributed by atoms with van der Waals surface area (Å²) in [6.45, 7) is 2.56. The quantitative estimate of drug-likeness (QED) is 0.670. The molecular formula is C14H16N6. The molecule has 0 fully saturated rings. The Kier molecular flexibility index (Phi) is 3.30. The summed E-state index contributed by atoms with van der Waals surface area (Å²) in [5.41, 5.74) is 9.33. The molecule has 4 N–H and O–H groups in total. The van der Waals surface area contributed by atoms with Crippen molar-refractivity contribution in [1.29, 1.82) is 0 Å². The van der Waals surface area contributed by atoms with E-state index in [4.69, 9.17) is 5.73 Å². The Bertz CT molecular complexity index is 703. The van der Waals surface area contributed by atoms with Crippen LogP contribution in [-0.2, 0) is 0 Å². The third kappa shape index (κ3) is 2.46. The first-order chi connectivity index (χ1) is 9.76. The summed E-state index contributed by atoms with van der Waals surface area (Å²) >= 11 is 0. The number of benzene rings is 1. The van der Waals surface area contributed by atoms with E-state index in [1.54, 1.807) is 6.33 Å². The minimum atomic E-state index is 0.177. The van der Waals surface area contributed by atoms with Gasteiger partial charge in [-0.3, -0.25) is 0 Å². The van der Waals surface area contributed by atoms with Gasteiger partial charge in [0, 0.05) is 18.2 Å². The first-order valence-corrected chi connectivity index (χ1v) is 6.50. The molecule has 6 heteroatoms. The molecule has 0 spiro atoms. The van der Waals surface area contributed by atoms with Gasteiger partial charge in [0.05, 0.1) is 23.1 Å². The van der Waals surface area contributed by atoms with E-state index in [9.17, 15) is 0 Å². The second kappa shape index (κ2) is 5.26. The highest BCUT2D eigenvalue weighted by Gasteiger charge is 2.05. The molecule has 0 aliphatic heterocycles. The number of fused-ring (bicyclic) bond motifs is 1. The molecule has 3 rings (SSSR count). The fourth-order valence-corrected chi connectivity index (χ4v) is 1.97. The predicted molar refractivity (Wildman–Crippen MR) is 79.3 cm³/mol. The van der Waals surface area contributed by atoms with Gasteiger partial charge in [-0.1, -0.05) is 6.07 Å². The van der Waals surface area contributed by atoms with Crippen molar-refractivity contribution < 1.29 is 0 Å². The Morgan fingerprint density at radius 3 is 2.90 bits per heavy atom. The molecule has 6 nitrogen and oxygen atoms in total. The minimum Gasteiger partial charge on any atom is -0.365 e. The lowest BCUT2D eigenvalue weighted by Crippen LogP contribution is -2.25. The summed E-state index contributed by atoms with van der Waals surface area (Å²) in [5, 5.41) is 11.6. The van der Waals surface area contributed by atoms with Gasteiger partial charge in [-0.25, -0.2) is 4.98 Å². The van der Waals surface area contributed by atoms with Crippen molar-refractivity contribution in [2.75, 3.05) is 11.9 Å². The minimum absolute atomic E-state index is 0.177. The molecule has 102 valence electrons. The number of H-pyrrole nitrogens is 1. The summed E-state index contributed by atoms with van der Waals surface area (Å²) in [4.78, 5) is 7.29. The number of rotatable bonds is 4. The van der Waals surface area contributed by atoms with Crippen molar-refractivity contribution in [2.24, 2.45) is 5.73 Å². The molecular weight excluding hydrogens is 252 g/mol. The highest BCUT2D eigenvalue weighted by molar-refractivity contribution is 5.80. The van der Waals surface area contributed by atoms with E-state index in [1.165, 1.54) is 0 Å². The van der Waals surface area contributed by atoms with Gasteiger partial charge in [0.1, 0.15) is 5.82 Å². The summed E-state index contributed by atoms with van der Waals surface area (Å²) in [5.74, 6) is 0.731. The SMILES string of the molecule is CC(CN)Nc1ccc(-c2ccc3nc[nH]c3c2)nn1. The molecule has 1 unspecified atom stereocenters. The van der Waals surface area contributed by atoms with E-state index in [-0.39, 0.29) is 6.04 Å². The fraction of sp³-hybridized carbons (Fsp3) is 0.214. The topological polar surface area (TPSA) is 92.5 Å². The van der Waals surface area contributed by atoms with Crippen LogP contribution in [-0.4, -0.2) is 32.8 Å². The third-order valence-electron chi connectivity index (χ3n) is 3.13. The van der Waals surface area contributed by atoms with Crippen LogP contribution < -0.4 is 11.1 Å². The van der Waals surface area contributed by atoms with E-state index < -0.39 is 0 Å². The molecule has 2 aromatic heterocycles. The zero-order chi connectivity index (χ0) is 13.9. The van der Waals surface area contributed by atoms with Crippen LogP contribution in [0.15, 0.2) is 36.7 Å². The van der Waals surface area contributed by atoms with Gasteiger partial charge < -0.3 is 16.0 Å². The molecule has 0 amide bonds. The van der Waals surface area contributed by atoms with Gasteiger partial charge >= 0.3 is 0 Å². The summed E-state index contributed by atoms with van der Waals surface area (Å²) < 4.78 is 0. The second-order valence-electron chi connectivity index (χ2n) is 4.72. The molecule has 2 heterocycles. The Morgan fingerprint density at radius 2 is 2.15 bits per heavy atom. The van der Waals surface area contributed by atoms with Crippen LogP contribution >= 0.6 is 0 Å². The Labute approximate surface area is 116 Å². The van der Waals surface area contributed by atoms with Crippen LogP contribution in [0.5, 0.6) is 0 Å². The molecule has 1 atom stereocenters. The second-order valence-corrected chi connectivity index (χ2v) is 4.72. The number of aromatic amines is 1. The average Bonchev–Trinajstić information content (AvgIpc) is 2.95. The third-order valence-corrected chi connectivity index (χ3v) is 3.13. The van der Waals surface area contributed by atoms with Gasteiger partial charge in [0.2, 0.25) is 0 Å². The largest absolute Gasteiger partial charge is 0.365 e. The molecule has 0 saturated carbocycles. The molecule has 0 radical (unpaired) electrons. The monoisotopic (exact) mass is 268 g/mol. The van der Waals surface area contributed by atoms with Gasteiger partial charge in [-0.05, 0) is 31.2 Å². The van der Waals surface area contributed by atoms with Crippen molar-refractivity contribution in [3.8, 4) is 11.3 Å². The van der Waals surface area contributed by atoms with Gasteiger partial charge in [0.15, 0.2) is 0 Å². The average molecular weight is 268 g/mol. The lowest BCUT2D eigenvalue weighted by atomic mass is 10.1. The van der Waals surface area contributed by atoms with E-state index in [2.05, 4.69) is 25.5 Å². The standard InChI is InChI=1S/C14H16N6/c1-9(7-15)18-14-5-4-11(19-20-14)10-2-3-12-13(6-10)17-8-16-12/h2-6,8-9H,7,15H2,1H3,(H,16,17)(H,18,20). The molecule has 1 aromatic carbocycles. The summed E-state index contributed by atoms with van der Waals surface area (Å²) in [6, 6.07) is 9.99. The van der Waals surface area contributed by atoms with Crippen LogP contribution in [0.2, 0.25) is 0 Å². The number of nitrogens with one attached hydrogen (secondary N) is 2. The van der Waals surface area contributed by atoms with Crippen molar-refractivity contribution in [3.05, 3.63) is 36.7 Å². The van der Waals surface area contributed by atoms with E-state index in [0.717, 1.165) is 28.1 Å². The van der Waals surface area contributed by atoms with E-state index >= 15 is 0 Å². The highest BCUT2D eigenvalue weighted by atomic mass is 15.2. The Morgan fingerprint density at radius 1 is 1.25 bits per heavy atom. The molecule has 0 aliphatic carbocycles. The number of nitrogens with zero attached hydrogens (tertiary/aromatic N) is 3. The van der Waals surface area contributed by atoms with Gasteiger partial charge in [-0.15, -0.1) is 10.2 Å². The number of hydrogen-bond donors (Lipinski definition) is 3. The summed E-state index contributed by atoms with van der Waals surface area (Å²) in [6.07, 6.45) is 1.68. The van der Waals surface area contributed by atoms with Gasteiger partial charge in [-0.2, -0.15) is 0 Å². The summed E-state index contributed by atoms with van der Waals surface area (Å²) in [7, 11) is 0. The van der Waals surface area contributed by atoms with E-state index in [1.807, 2.05) is 37.3 Å². The number of aromatic nitrogens is 4. The predicted octanol–water partition coefficient (Wildman–Crippen LogP) is 1.78. The maximum atomic E-state index is 5.56. The fourth-order valence-electron chi connectivity index (χ4n) is 1.97. The van der Waals surface area contributed by atoms with Crippen molar-refractivity contribution in [2.45, 2.75) is 13.0 Å². The molecule has 3 aromatic rings. The zero-order valence-electron chi connectivity index (χ0n) is 11.2. The zero-order valence-corrected chi connectivity index (χ0v) is 11.2. The molecule has 0 saturated heterocycles. The molecule has 20 heavy (non-hydrogen) atoms. The van der Waals surface area contributed by atoms with Crippen LogP contribution in [0.3, 0.4) is 0 Å². The van der Waals surface area contributed by atoms with Gasteiger partial charge in [0.25, 0.3) is 0 Å². The first kappa shape index (κ1) is 12.6. The first-order valence-electron chi connectivity index (χ1n) is 6.50. The van der Waals surface area contributed by atoms with E-state index in [0.29, 0.717) is 6.54 Å². The maximum Gasteiger partial charge on any atom is 0.148 e.